The first-order valence-electron chi connectivity index (χ1n) is 8.19. The summed E-state index contributed by atoms with van der Waals surface area (Å²) in [6.45, 7) is 0. The number of ether oxygens (including phenoxy) is 1. The molecule has 0 fully saturated rings. The summed E-state index contributed by atoms with van der Waals surface area (Å²) in [5.74, 6) is 0.191. The van der Waals surface area contributed by atoms with E-state index in [-0.39, 0.29) is 5.52 Å². The first-order valence-corrected chi connectivity index (χ1v) is 8.19. The molecule has 27 heavy (non-hydrogen) atoms. The highest BCUT2D eigenvalue weighted by atomic mass is 19.4. The molecule has 0 unspecified atom stereocenters. The number of para-hydroxylation sites is 1. The fourth-order valence-corrected chi connectivity index (χ4v) is 3.23. The quantitative estimate of drug-likeness (QED) is 0.466. The number of nitrogens with zero attached hydrogens (tertiary/aromatic N) is 1. The van der Waals surface area contributed by atoms with Crippen LogP contribution < -0.4 is 4.74 Å². The Hall–Kier alpha value is -3.28. The molecule has 0 bridgehead atoms. The fraction of sp³-hybridized carbons (Fsp3) is 0.0952. The predicted octanol–water partition coefficient (Wildman–Crippen LogP) is 5.51. The molecule has 6 heteroatoms. The predicted molar refractivity (Wildman–Crippen MR) is 97.2 cm³/mol. The second-order valence-electron chi connectivity index (χ2n) is 6.12. The molecular formula is C21H14F3NO2. The monoisotopic (exact) mass is 369 g/mol. The lowest BCUT2D eigenvalue weighted by Gasteiger charge is -2.09. The normalized spacial score (nSPS) is 11.9. The summed E-state index contributed by atoms with van der Waals surface area (Å²) in [6, 6.07) is 17.0. The second kappa shape index (κ2) is 6.16. The fourth-order valence-electron chi connectivity index (χ4n) is 3.23. The minimum absolute atomic E-state index is 0.229. The van der Waals surface area contributed by atoms with Crippen LogP contribution >= 0.6 is 0 Å². The number of fused-ring (bicyclic) bond motifs is 3. The lowest BCUT2D eigenvalue weighted by Crippen LogP contribution is -2.12. The zero-order valence-corrected chi connectivity index (χ0v) is 14.2. The van der Waals surface area contributed by atoms with E-state index in [1.54, 1.807) is 48.5 Å². The third-order valence-electron chi connectivity index (χ3n) is 4.54. The van der Waals surface area contributed by atoms with Gasteiger partial charge in [0, 0.05) is 16.3 Å². The number of carbonyl (C=O) groups excluding carboxylic acids is 1. The number of benzene rings is 3. The van der Waals surface area contributed by atoms with Gasteiger partial charge in [-0.05, 0) is 42.5 Å². The molecule has 0 aliphatic carbocycles. The van der Waals surface area contributed by atoms with Crippen molar-refractivity contribution in [2.24, 2.45) is 0 Å². The summed E-state index contributed by atoms with van der Waals surface area (Å²) < 4.78 is 46.0. The minimum atomic E-state index is -4.49. The number of carbonyl (C=O) groups is 1. The first kappa shape index (κ1) is 17.1. The molecule has 0 amide bonds. The summed E-state index contributed by atoms with van der Waals surface area (Å²) in [4.78, 5) is 13.1. The number of hydrogen-bond donors (Lipinski definition) is 0. The van der Waals surface area contributed by atoms with E-state index in [0.717, 1.165) is 17.5 Å². The van der Waals surface area contributed by atoms with Gasteiger partial charge in [0.05, 0.1) is 23.7 Å². The summed E-state index contributed by atoms with van der Waals surface area (Å²) in [5.41, 5.74) is 0.358. The van der Waals surface area contributed by atoms with E-state index in [1.165, 1.54) is 17.7 Å². The SMILES string of the molecule is COc1ccc(C(=O)n2c3ccccc3c3ccc(C(F)(F)F)cc32)cc1. The van der Waals surface area contributed by atoms with E-state index in [9.17, 15) is 18.0 Å². The molecule has 0 aliphatic rings. The smallest absolute Gasteiger partial charge is 0.416 e. The Balaban J connectivity index is 1.99. The topological polar surface area (TPSA) is 31.2 Å². The average Bonchev–Trinajstić information content (AvgIpc) is 3.00. The van der Waals surface area contributed by atoms with Crippen molar-refractivity contribution in [2.45, 2.75) is 6.18 Å². The van der Waals surface area contributed by atoms with Crippen molar-refractivity contribution >= 4 is 27.7 Å². The molecule has 136 valence electrons. The average molecular weight is 369 g/mol. The van der Waals surface area contributed by atoms with Crippen molar-refractivity contribution in [2.75, 3.05) is 7.11 Å². The molecular weight excluding hydrogens is 355 g/mol. The van der Waals surface area contributed by atoms with Gasteiger partial charge in [-0.1, -0.05) is 24.3 Å². The maximum absolute atomic E-state index is 13.2. The summed E-state index contributed by atoms with van der Waals surface area (Å²) in [6.07, 6.45) is -4.49. The highest BCUT2D eigenvalue weighted by Crippen LogP contribution is 2.35. The van der Waals surface area contributed by atoms with Crippen LogP contribution in [-0.2, 0) is 6.18 Å². The van der Waals surface area contributed by atoms with Crippen molar-refractivity contribution in [3.63, 3.8) is 0 Å². The van der Waals surface area contributed by atoms with Crippen LogP contribution in [0.5, 0.6) is 5.75 Å². The largest absolute Gasteiger partial charge is 0.497 e. The Labute approximate surface area is 152 Å². The number of rotatable bonds is 2. The number of alkyl halides is 3. The van der Waals surface area contributed by atoms with Gasteiger partial charge in [-0.2, -0.15) is 13.2 Å². The lowest BCUT2D eigenvalue weighted by atomic mass is 10.1. The molecule has 3 nitrogen and oxygen atoms in total. The Morgan fingerprint density at radius 2 is 1.56 bits per heavy atom. The minimum Gasteiger partial charge on any atom is -0.497 e. The summed E-state index contributed by atoms with van der Waals surface area (Å²) in [7, 11) is 1.52. The van der Waals surface area contributed by atoms with Crippen LogP contribution in [0.1, 0.15) is 15.9 Å². The van der Waals surface area contributed by atoms with Gasteiger partial charge in [-0.3, -0.25) is 9.36 Å². The Bertz CT molecular complexity index is 1160. The van der Waals surface area contributed by atoms with Crippen LogP contribution in [-0.4, -0.2) is 17.6 Å². The van der Waals surface area contributed by atoms with Crippen LogP contribution in [0.3, 0.4) is 0 Å². The Kier molecular flexibility index (Phi) is 3.91. The van der Waals surface area contributed by atoms with E-state index >= 15 is 0 Å². The van der Waals surface area contributed by atoms with Gasteiger partial charge in [0.25, 0.3) is 5.91 Å². The molecule has 1 heterocycles. The van der Waals surface area contributed by atoms with Crippen molar-refractivity contribution in [3.8, 4) is 5.75 Å². The third-order valence-corrected chi connectivity index (χ3v) is 4.54. The maximum atomic E-state index is 13.2. The van der Waals surface area contributed by atoms with Crippen LogP contribution in [0, 0.1) is 0 Å². The molecule has 0 saturated heterocycles. The molecule has 1 aromatic heterocycles. The van der Waals surface area contributed by atoms with Crippen LogP contribution in [0.25, 0.3) is 21.8 Å². The number of methoxy groups -OCH3 is 1. The molecule has 3 aromatic carbocycles. The van der Waals surface area contributed by atoms with E-state index in [0.29, 0.717) is 22.2 Å². The molecule has 0 N–H and O–H groups in total. The zero-order valence-electron chi connectivity index (χ0n) is 14.2. The maximum Gasteiger partial charge on any atom is 0.416 e. The zero-order chi connectivity index (χ0) is 19.2. The van der Waals surface area contributed by atoms with Gasteiger partial charge in [-0.25, -0.2) is 0 Å². The third kappa shape index (κ3) is 2.83. The van der Waals surface area contributed by atoms with Crippen molar-refractivity contribution in [1.29, 1.82) is 0 Å². The molecule has 0 spiro atoms. The van der Waals surface area contributed by atoms with Gasteiger partial charge in [0.2, 0.25) is 0 Å². The van der Waals surface area contributed by atoms with Gasteiger partial charge in [-0.15, -0.1) is 0 Å². The van der Waals surface area contributed by atoms with Gasteiger partial charge in [0.15, 0.2) is 0 Å². The number of aromatic nitrogens is 1. The van der Waals surface area contributed by atoms with Crippen LogP contribution in [0.4, 0.5) is 13.2 Å². The van der Waals surface area contributed by atoms with Crippen LogP contribution in [0.15, 0.2) is 66.7 Å². The van der Waals surface area contributed by atoms with E-state index in [4.69, 9.17) is 4.74 Å². The van der Waals surface area contributed by atoms with Crippen molar-refractivity contribution in [1.82, 2.24) is 4.57 Å². The molecule has 0 aliphatic heterocycles. The Morgan fingerprint density at radius 1 is 0.889 bits per heavy atom. The number of halogens is 3. The molecule has 0 radical (unpaired) electrons. The molecule has 4 rings (SSSR count). The van der Waals surface area contributed by atoms with E-state index in [1.807, 2.05) is 0 Å². The van der Waals surface area contributed by atoms with E-state index in [2.05, 4.69) is 0 Å². The lowest BCUT2D eigenvalue weighted by molar-refractivity contribution is -0.137. The summed E-state index contributed by atoms with van der Waals surface area (Å²) in [5, 5.41) is 1.32. The Morgan fingerprint density at radius 3 is 2.22 bits per heavy atom. The van der Waals surface area contributed by atoms with E-state index < -0.39 is 17.6 Å². The highest BCUT2D eigenvalue weighted by molar-refractivity contribution is 6.16. The van der Waals surface area contributed by atoms with Crippen molar-refractivity contribution < 1.29 is 22.7 Å². The van der Waals surface area contributed by atoms with Crippen molar-refractivity contribution in [3.05, 3.63) is 77.9 Å². The summed E-state index contributed by atoms with van der Waals surface area (Å²) >= 11 is 0. The number of hydrogen-bond acceptors (Lipinski definition) is 2. The molecule has 4 aromatic rings. The first-order chi connectivity index (χ1) is 12.9. The standard InChI is InChI=1S/C21H14F3NO2/c1-27-15-9-6-13(7-10-15)20(26)25-18-5-3-2-4-16(18)17-11-8-14(12-19(17)25)21(22,23)24/h2-12H,1H3. The van der Waals surface area contributed by atoms with Gasteiger partial charge >= 0.3 is 6.18 Å². The second-order valence-corrected chi connectivity index (χ2v) is 6.12. The molecule has 0 atom stereocenters. The van der Waals surface area contributed by atoms with Crippen LogP contribution in [0.2, 0.25) is 0 Å². The van der Waals surface area contributed by atoms with Gasteiger partial charge in [0.1, 0.15) is 5.75 Å². The van der Waals surface area contributed by atoms with Gasteiger partial charge < -0.3 is 4.74 Å². The highest BCUT2D eigenvalue weighted by Gasteiger charge is 2.31. The molecule has 0 saturated carbocycles.